The molecule has 4 heteroatoms. The van der Waals surface area contributed by atoms with Gasteiger partial charge in [0.2, 0.25) is 5.60 Å². The van der Waals surface area contributed by atoms with Gasteiger partial charge in [0.15, 0.2) is 0 Å². The monoisotopic (exact) mass is 326 g/mol. The lowest BCUT2D eigenvalue weighted by Crippen LogP contribution is -2.26. The molecule has 1 fully saturated rings. The molecule has 126 valence electrons. The summed E-state index contributed by atoms with van der Waals surface area (Å²) in [5.41, 5.74) is 0.725. The normalized spacial score (nSPS) is 22.0. The van der Waals surface area contributed by atoms with Gasteiger partial charge >= 0.3 is 5.97 Å². The van der Waals surface area contributed by atoms with Crippen molar-refractivity contribution in [3.05, 3.63) is 65.7 Å². The van der Waals surface area contributed by atoms with Crippen molar-refractivity contribution in [2.75, 3.05) is 13.7 Å². The van der Waals surface area contributed by atoms with Crippen LogP contribution in [-0.4, -0.2) is 19.7 Å². The van der Waals surface area contributed by atoms with Crippen molar-refractivity contribution in [2.45, 2.75) is 31.5 Å². The lowest BCUT2D eigenvalue weighted by Gasteiger charge is -2.13. The standard InChI is InChI=1S/C20H22O4/c1-3-4-14-23-19(21)20(16-8-6-5-7-9-16)18(24-20)15-10-12-17(22-2)13-11-15/h5-13,18H,3-4,14H2,1-2H3. The van der Waals surface area contributed by atoms with Crippen molar-refractivity contribution in [3.63, 3.8) is 0 Å². The van der Waals surface area contributed by atoms with Crippen LogP contribution in [-0.2, 0) is 19.9 Å². The number of unbranched alkanes of at least 4 members (excludes halogenated alkanes) is 1. The van der Waals surface area contributed by atoms with Gasteiger partial charge in [-0.25, -0.2) is 4.79 Å². The minimum absolute atomic E-state index is 0.317. The number of methoxy groups -OCH3 is 1. The molecule has 1 aliphatic heterocycles. The highest BCUT2D eigenvalue weighted by Crippen LogP contribution is 2.57. The molecule has 0 radical (unpaired) electrons. The summed E-state index contributed by atoms with van der Waals surface area (Å²) >= 11 is 0. The lowest BCUT2D eigenvalue weighted by atomic mass is 9.92. The minimum atomic E-state index is -1.04. The zero-order valence-corrected chi connectivity index (χ0v) is 14.0. The molecule has 0 saturated carbocycles. The summed E-state index contributed by atoms with van der Waals surface area (Å²) in [6.07, 6.45) is 1.50. The zero-order valence-electron chi connectivity index (χ0n) is 14.0. The van der Waals surface area contributed by atoms with Crippen LogP contribution in [0.25, 0.3) is 0 Å². The molecule has 2 unspecified atom stereocenters. The largest absolute Gasteiger partial charge is 0.497 e. The number of hydrogen-bond donors (Lipinski definition) is 0. The second kappa shape index (κ2) is 7.05. The zero-order chi connectivity index (χ0) is 17.0. The molecule has 2 aromatic rings. The number of ether oxygens (including phenoxy) is 3. The first-order chi connectivity index (χ1) is 11.7. The van der Waals surface area contributed by atoms with Crippen LogP contribution in [0.3, 0.4) is 0 Å². The minimum Gasteiger partial charge on any atom is -0.497 e. The van der Waals surface area contributed by atoms with E-state index in [1.807, 2.05) is 54.6 Å². The molecule has 0 spiro atoms. The van der Waals surface area contributed by atoms with Crippen molar-refractivity contribution in [3.8, 4) is 5.75 Å². The van der Waals surface area contributed by atoms with Crippen LogP contribution < -0.4 is 4.74 Å². The van der Waals surface area contributed by atoms with Crippen molar-refractivity contribution >= 4 is 5.97 Å². The first kappa shape index (κ1) is 16.5. The summed E-state index contributed by atoms with van der Waals surface area (Å²) in [4.78, 5) is 12.7. The van der Waals surface area contributed by atoms with Crippen molar-refractivity contribution in [2.24, 2.45) is 0 Å². The van der Waals surface area contributed by atoms with Gasteiger partial charge in [0.1, 0.15) is 11.9 Å². The maximum absolute atomic E-state index is 12.7. The van der Waals surface area contributed by atoms with Gasteiger partial charge in [-0.15, -0.1) is 0 Å². The molecule has 0 N–H and O–H groups in total. The van der Waals surface area contributed by atoms with Crippen LogP contribution in [0, 0.1) is 0 Å². The average molecular weight is 326 g/mol. The SMILES string of the molecule is CCCCOC(=O)C1(c2ccccc2)OC1c1ccc(OC)cc1. The van der Waals surface area contributed by atoms with Gasteiger partial charge in [-0.1, -0.05) is 55.8 Å². The molecule has 24 heavy (non-hydrogen) atoms. The van der Waals surface area contributed by atoms with Gasteiger partial charge in [0, 0.05) is 0 Å². The van der Waals surface area contributed by atoms with E-state index in [4.69, 9.17) is 14.2 Å². The average Bonchev–Trinajstić information content (AvgIpc) is 3.40. The van der Waals surface area contributed by atoms with Crippen LogP contribution in [0.15, 0.2) is 54.6 Å². The molecule has 4 nitrogen and oxygen atoms in total. The first-order valence-corrected chi connectivity index (χ1v) is 8.27. The molecular formula is C20H22O4. The quantitative estimate of drug-likeness (QED) is 0.438. The lowest BCUT2D eigenvalue weighted by molar-refractivity contribution is -0.150. The fourth-order valence-corrected chi connectivity index (χ4v) is 2.83. The maximum atomic E-state index is 12.7. The Morgan fingerprint density at radius 3 is 2.46 bits per heavy atom. The number of esters is 1. The Morgan fingerprint density at radius 2 is 1.83 bits per heavy atom. The van der Waals surface area contributed by atoms with Crippen LogP contribution in [0.5, 0.6) is 5.75 Å². The molecule has 1 aliphatic rings. The van der Waals surface area contributed by atoms with Crippen LogP contribution in [0.2, 0.25) is 0 Å². The predicted octanol–water partition coefficient (Wildman–Crippen LogP) is 4.01. The van der Waals surface area contributed by atoms with Crippen LogP contribution >= 0.6 is 0 Å². The third-order valence-electron chi connectivity index (χ3n) is 4.27. The van der Waals surface area contributed by atoms with Gasteiger partial charge in [0.25, 0.3) is 0 Å². The third kappa shape index (κ3) is 3.02. The van der Waals surface area contributed by atoms with E-state index in [0.29, 0.717) is 6.61 Å². The molecule has 0 aliphatic carbocycles. The molecule has 2 aromatic carbocycles. The number of carbonyl (C=O) groups excluding carboxylic acids is 1. The van der Waals surface area contributed by atoms with Gasteiger partial charge in [-0.2, -0.15) is 0 Å². The number of carbonyl (C=O) groups is 1. The van der Waals surface area contributed by atoms with Gasteiger partial charge in [-0.3, -0.25) is 0 Å². The highest BCUT2D eigenvalue weighted by atomic mass is 16.7. The molecule has 1 saturated heterocycles. The van der Waals surface area contributed by atoms with E-state index < -0.39 is 5.60 Å². The van der Waals surface area contributed by atoms with Crippen molar-refractivity contribution in [1.29, 1.82) is 0 Å². The van der Waals surface area contributed by atoms with Gasteiger partial charge < -0.3 is 14.2 Å². The fourth-order valence-electron chi connectivity index (χ4n) is 2.83. The topological polar surface area (TPSA) is 48.1 Å². The second-order valence-electron chi connectivity index (χ2n) is 5.86. The molecule has 1 heterocycles. The Balaban J connectivity index is 1.86. The van der Waals surface area contributed by atoms with Crippen LogP contribution in [0.4, 0.5) is 0 Å². The summed E-state index contributed by atoms with van der Waals surface area (Å²) in [5, 5.41) is 0. The third-order valence-corrected chi connectivity index (χ3v) is 4.27. The first-order valence-electron chi connectivity index (χ1n) is 8.27. The van der Waals surface area contributed by atoms with E-state index in [-0.39, 0.29) is 12.1 Å². The highest BCUT2D eigenvalue weighted by molar-refractivity contribution is 5.85. The molecule has 3 rings (SSSR count). The van der Waals surface area contributed by atoms with E-state index in [0.717, 1.165) is 29.7 Å². The summed E-state index contributed by atoms with van der Waals surface area (Å²) in [7, 11) is 1.63. The highest BCUT2D eigenvalue weighted by Gasteiger charge is 2.65. The second-order valence-corrected chi connectivity index (χ2v) is 5.86. The van der Waals surface area contributed by atoms with E-state index in [2.05, 4.69) is 6.92 Å². The molecule has 0 aromatic heterocycles. The summed E-state index contributed by atoms with van der Waals surface area (Å²) < 4.78 is 16.6. The Labute approximate surface area is 142 Å². The molecule has 2 atom stereocenters. The number of benzene rings is 2. The maximum Gasteiger partial charge on any atom is 0.346 e. The van der Waals surface area contributed by atoms with Crippen molar-refractivity contribution in [1.82, 2.24) is 0 Å². The number of rotatable bonds is 7. The Bertz CT molecular complexity index is 681. The fraction of sp³-hybridized carbons (Fsp3) is 0.350. The van der Waals surface area contributed by atoms with E-state index in [1.54, 1.807) is 7.11 Å². The number of hydrogen-bond acceptors (Lipinski definition) is 4. The Hall–Kier alpha value is -2.33. The van der Waals surface area contributed by atoms with E-state index >= 15 is 0 Å². The predicted molar refractivity (Wildman–Crippen MR) is 90.8 cm³/mol. The smallest absolute Gasteiger partial charge is 0.346 e. The van der Waals surface area contributed by atoms with Crippen molar-refractivity contribution < 1.29 is 19.0 Å². The molecular weight excluding hydrogens is 304 g/mol. The molecule has 0 bridgehead atoms. The number of epoxide rings is 1. The summed E-state index contributed by atoms with van der Waals surface area (Å²) in [5.74, 6) is 0.457. The summed E-state index contributed by atoms with van der Waals surface area (Å²) in [6.45, 7) is 2.48. The van der Waals surface area contributed by atoms with Gasteiger partial charge in [-0.05, 0) is 29.7 Å². The Morgan fingerprint density at radius 1 is 1.12 bits per heavy atom. The molecule has 0 amide bonds. The van der Waals surface area contributed by atoms with Crippen LogP contribution in [0.1, 0.15) is 37.0 Å². The Kier molecular flexibility index (Phi) is 4.86. The summed E-state index contributed by atoms with van der Waals surface area (Å²) in [6, 6.07) is 17.1. The van der Waals surface area contributed by atoms with E-state index in [1.165, 1.54) is 0 Å². The van der Waals surface area contributed by atoms with E-state index in [9.17, 15) is 4.79 Å². The van der Waals surface area contributed by atoms with Gasteiger partial charge in [0.05, 0.1) is 13.7 Å².